The van der Waals surface area contributed by atoms with Gasteiger partial charge in [-0.05, 0) is 62.2 Å². The average Bonchev–Trinajstić information content (AvgIpc) is 2.72. The molecule has 1 aliphatic rings. The summed E-state index contributed by atoms with van der Waals surface area (Å²) in [5, 5.41) is 2.81. The van der Waals surface area contributed by atoms with E-state index >= 15 is 0 Å². The van der Waals surface area contributed by atoms with Gasteiger partial charge in [-0.1, -0.05) is 36.8 Å². The summed E-state index contributed by atoms with van der Waals surface area (Å²) < 4.78 is 39.2. The van der Waals surface area contributed by atoms with Crippen molar-refractivity contribution in [2.24, 2.45) is 0 Å². The van der Waals surface area contributed by atoms with E-state index in [2.05, 4.69) is 22.3 Å². The van der Waals surface area contributed by atoms with Crippen LogP contribution in [0.3, 0.4) is 0 Å². The number of halogens is 1. The molecule has 1 atom stereocenters. The molecule has 1 aliphatic heterocycles. The first-order valence-electron chi connectivity index (χ1n) is 10.6. The molecule has 8 heteroatoms. The Balaban J connectivity index is 1.65. The van der Waals surface area contributed by atoms with Gasteiger partial charge in [0.1, 0.15) is 11.9 Å². The summed E-state index contributed by atoms with van der Waals surface area (Å²) in [7, 11) is -3.78. The molecule has 0 aromatic heterocycles. The number of sulfonamides is 1. The van der Waals surface area contributed by atoms with Gasteiger partial charge in [0.25, 0.3) is 0 Å². The third-order valence-electron chi connectivity index (χ3n) is 5.46. The van der Waals surface area contributed by atoms with Crippen LogP contribution in [0.15, 0.2) is 48.5 Å². The molecule has 6 nitrogen and oxygen atoms in total. The Bertz CT molecular complexity index is 1010. The van der Waals surface area contributed by atoms with E-state index in [4.69, 9.17) is 0 Å². The smallest absolute Gasteiger partial charge is 0.243 e. The Morgan fingerprint density at radius 1 is 1.10 bits per heavy atom. The molecule has 1 heterocycles. The SMILES string of the molecule is C[C@@H](C(=O)NCc1cccc(CN2CCCCC2)c1)N(c1cccc(F)c1)S(C)(=O)=O. The van der Waals surface area contributed by atoms with Gasteiger partial charge in [0.15, 0.2) is 0 Å². The highest BCUT2D eigenvalue weighted by molar-refractivity contribution is 7.92. The molecular weight excluding hydrogens is 417 g/mol. The third kappa shape index (κ3) is 6.51. The molecule has 0 radical (unpaired) electrons. The maximum atomic E-state index is 13.6. The second-order valence-electron chi connectivity index (χ2n) is 8.09. The molecule has 0 bridgehead atoms. The predicted molar refractivity (Wildman–Crippen MR) is 121 cm³/mol. The van der Waals surface area contributed by atoms with E-state index in [0.29, 0.717) is 0 Å². The Kier molecular flexibility index (Phi) is 7.67. The number of hydrogen-bond donors (Lipinski definition) is 1. The van der Waals surface area contributed by atoms with E-state index in [9.17, 15) is 17.6 Å². The molecule has 1 amide bonds. The van der Waals surface area contributed by atoms with Crippen LogP contribution in [0.1, 0.15) is 37.3 Å². The Hall–Kier alpha value is -2.45. The summed E-state index contributed by atoms with van der Waals surface area (Å²) in [5.41, 5.74) is 2.26. The van der Waals surface area contributed by atoms with Crippen molar-refractivity contribution in [2.75, 3.05) is 23.7 Å². The fourth-order valence-electron chi connectivity index (χ4n) is 3.97. The molecule has 2 aromatic rings. The van der Waals surface area contributed by atoms with Crippen molar-refractivity contribution in [3.05, 3.63) is 65.5 Å². The number of benzene rings is 2. The zero-order chi connectivity index (χ0) is 22.4. The second-order valence-corrected chi connectivity index (χ2v) is 9.95. The van der Waals surface area contributed by atoms with Gasteiger partial charge in [0.2, 0.25) is 15.9 Å². The molecule has 0 unspecified atom stereocenters. The van der Waals surface area contributed by atoms with Gasteiger partial charge in [-0.15, -0.1) is 0 Å². The third-order valence-corrected chi connectivity index (χ3v) is 6.71. The predicted octanol–water partition coefficient (Wildman–Crippen LogP) is 3.28. The van der Waals surface area contributed by atoms with Crippen LogP contribution in [-0.4, -0.2) is 44.6 Å². The van der Waals surface area contributed by atoms with Crippen LogP contribution in [0.5, 0.6) is 0 Å². The van der Waals surface area contributed by atoms with Gasteiger partial charge in [-0.3, -0.25) is 14.0 Å². The molecule has 168 valence electrons. The summed E-state index contributed by atoms with van der Waals surface area (Å²) in [6.07, 6.45) is 4.76. The number of carbonyl (C=O) groups excluding carboxylic acids is 1. The molecule has 2 aromatic carbocycles. The maximum absolute atomic E-state index is 13.6. The molecular formula is C23H30FN3O3S. The average molecular weight is 448 g/mol. The molecule has 0 aliphatic carbocycles. The summed E-state index contributed by atoms with van der Waals surface area (Å²) in [4.78, 5) is 15.2. The van der Waals surface area contributed by atoms with Crippen LogP contribution in [-0.2, 0) is 27.9 Å². The number of nitrogens with one attached hydrogen (secondary N) is 1. The van der Waals surface area contributed by atoms with Crippen LogP contribution in [0, 0.1) is 5.82 Å². The minimum absolute atomic E-state index is 0.119. The molecule has 3 rings (SSSR count). The lowest BCUT2D eigenvalue weighted by atomic mass is 10.1. The highest BCUT2D eigenvalue weighted by atomic mass is 32.2. The number of hydrogen-bond acceptors (Lipinski definition) is 4. The topological polar surface area (TPSA) is 69.7 Å². The Morgan fingerprint density at radius 2 is 1.77 bits per heavy atom. The number of carbonyl (C=O) groups is 1. The van der Waals surface area contributed by atoms with Crippen LogP contribution in [0.4, 0.5) is 10.1 Å². The first kappa shape index (κ1) is 23.2. The fraction of sp³-hybridized carbons (Fsp3) is 0.435. The van der Waals surface area contributed by atoms with Gasteiger partial charge < -0.3 is 5.32 Å². The molecule has 1 fully saturated rings. The van der Waals surface area contributed by atoms with Gasteiger partial charge >= 0.3 is 0 Å². The monoisotopic (exact) mass is 447 g/mol. The fourth-order valence-corrected chi connectivity index (χ4v) is 5.14. The standard InChI is InChI=1S/C23H30FN3O3S/c1-18(27(31(2,29)30)22-11-7-10-21(24)15-22)23(28)25-16-19-8-6-9-20(14-19)17-26-12-4-3-5-13-26/h6-11,14-15,18H,3-5,12-13,16-17H2,1-2H3,(H,25,28)/t18-/m0/s1. The van der Waals surface area contributed by atoms with Gasteiger partial charge in [-0.2, -0.15) is 0 Å². The molecule has 31 heavy (non-hydrogen) atoms. The molecule has 0 spiro atoms. The van der Waals surface area contributed by atoms with Crippen molar-refractivity contribution < 1.29 is 17.6 Å². The van der Waals surface area contributed by atoms with Crippen LogP contribution < -0.4 is 9.62 Å². The lowest BCUT2D eigenvalue weighted by Crippen LogP contribution is -2.47. The first-order chi connectivity index (χ1) is 14.7. The number of amides is 1. The first-order valence-corrected chi connectivity index (χ1v) is 12.4. The zero-order valence-corrected chi connectivity index (χ0v) is 18.9. The van der Waals surface area contributed by atoms with Crippen molar-refractivity contribution in [1.29, 1.82) is 0 Å². The van der Waals surface area contributed by atoms with E-state index in [1.165, 1.54) is 49.9 Å². The van der Waals surface area contributed by atoms with Gasteiger partial charge in [0, 0.05) is 13.1 Å². The normalized spacial score (nSPS) is 16.0. The number of piperidine rings is 1. The Labute approximate surface area is 184 Å². The van der Waals surface area contributed by atoms with Crippen molar-refractivity contribution in [1.82, 2.24) is 10.2 Å². The van der Waals surface area contributed by atoms with Crippen molar-refractivity contribution in [3.63, 3.8) is 0 Å². The van der Waals surface area contributed by atoms with Crippen molar-refractivity contribution >= 4 is 21.6 Å². The number of nitrogens with zero attached hydrogens (tertiary/aromatic N) is 2. The second kappa shape index (κ2) is 10.2. The minimum atomic E-state index is -3.78. The molecule has 0 saturated carbocycles. The number of likely N-dealkylation sites (tertiary alicyclic amines) is 1. The largest absolute Gasteiger partial charge is 0.350 e. The number of anilines is 1. The van der Waals surface area contributed by atoms with E-state index in [0.717, 1.165) is 41.8 Å². The lowest BCUT2D eigenvalue weighted by molar-refractivity contribution is -0.122. The van der Waals surface area contributed by atoms with Crippen molar-refractivity contribution in [2.45, 2.75) is 45.3 Å². The Morgan fingerprint density at radius 3 is 2.45 bits per heavy atom. The van der Waals surface area contributed by atoms with Crippen LogP contribution >= 0.6 is 0 Å². The van der Waals surface area contributed by atoms with Crippen LogP contribution in [0.25, 0.3) is 0 Å². The summed E-state index contributed by atoms with van der Waals surface area (Å²) >= 11 is 0. The zero-order valence-electron chi connectivity index (χ0n) is 18.1. The van der Waals surface area contributed by atoms with E-state index in [1.54, 1.807) is 0 Å². The highest BCUT2D eigenvalue weighted by Gasteiger charge is 2.29. The maximum Gasteiger partial charge on any atom is 0.243 e. The van der Waals surface area contributed by atoms with Crippen LogP contribution in [0.2, 0.25) is 0 Å². The number of rotatable bonds is 8. The van der Waals surface area contributed by atoms with E-state index < -0.39 is 27.8 Å². The molecule has 1 saturated heterocycles. The van der Waals surface area contributed by atoms with Gasteiger partial charge in [0.05, 0.1) is 11.9 Å². The summed E-state index contributed by atoms with van der Waals surface area (Å²) in [6.45, 7) is 4.89. The van der Waals surface area contributed by atoms with Crippen molar-refractivity contribution in [3.8, 4) is 0 Å². The van der Waals surface area contributed by atoms with Gasteiger partial charge in [-0.25, -0.2) is 12.8 Å². The van der Waals surface area contributed by atoms with E-state index in [1.807, 2.05) is 12.1 Å². The highest BCUT2D eigenvalue weighted by Crippen LogP contribution is 2.22. The minimum Gasteiger partial charge on any atom is -0.350 e. The quantitative estimate of drug-likeness (QED) is 0.674. The summed E-state index contributed by atoms with van der Waals surface area (Å²) in [5.74, 6) is -1.01. The molecule has 1 N–H and O–H groups in total. The lowest BCUT2D eigenvalue weighted by Gasteiger charge is -2.28. The summed E-state index contributed by atoms with van der Waals surface area (Å²) in [6, 6.07) is 12.3. The van der Waals surface area contributed by atoms with E-state index in [-0.39, 0.29) is 12.2 Å².